The van der Waals surface area contributed by atoms with Crippen LogP contribution in [0.4, 0.5) is 4.39 Å². The van der Waals surface area contributed by atoms with E-state index >= 15 is 0 Å². The highest BCUT2D eigenvalue weighted by molar-refractivity contribution is 5.15. The molecule has 0 aliphatic heterocycles. The molecule has 2 aliphatic rings. The fourth-order valence-corrected chi connectivity index (χ4v) is 4.79. The van der Waals surface area contributed by atoms with E-state index in [1.807, 2.05) is 12.1 Å². The van der Waals surface area contributed by atoms with Gasteiger partial charge in [-0.2, -0.15) is 0 Å². The van der Waals surface area contributed by atoms with Crippen molar-refractivity contribution in [3.63, 3.8) is 0 Å². The molecule has 1 aromatic carbocycles. The summed E-state index contributed by atoms with van der Waals surface area (Å²) in [5, 5.41) is 0. The summed E-state index contributed by atoms with van der Waals surface area (Å²) in [6.07, 6.45) is 18.5. The number of benzene rings is 1. The average Bonchev–Trinajstić information content (AvgIpc) is 2.69. The van der Waals surface area contributed by atoms with E-state index in [2.05, 4.69) is 19.1 Å². The lowest BCUT2D eigenvalue weighted by Gasteiger charge is -2.37. The molecule has 0 radical (unpaired) electrons. The van der Waals surface area contributed by atoms with E-state index in [1.54, 1.807) is 0 Å². The molecule has 3 rings (SSSR count). The van der Waals surface area contributed by atoms with Crippen molar-refractivity contribution in [1.29, 1.82) is 0 Å². The molecule has 1 aromatic rings. The molecule has 2 fully saturated rings. The van der Waals surface area contributed by atoms with Gasteiger partial charge in [0.1, 0.15) is 5.82 Å². The zero-order chi connectivity index (χ0) is 18.2. The molecule has 0 saturated heterocycles. The number of ether oxygens (including phenoxy) is 1. The standard InChI is InChI=1S/C24H35FO/c1-2-3-4-5-19-6-10-21(11-7-19)22-12-16-24(17-13-22)26-18-20-8-14-23(25)15-9-20/h4-5,8-9,14-15,19,21-22,24H,2-3,6-7,10-13,16-18H2,1H3/b5-4+. The van der Waals surface area contributed by atoms with Crippen LogP contribution in [-0.4, -0.2) is 6.10 Å². The van der Waals surface area contributed by atoms with E-state index < -0.39 is 0 Å². The van der Waals surface area contributed by atoms with Gasteiger partial charge in [-0.3, -0.25) is 0 Å². The lowest BCUT2D eigenvalue weighted by molar-refractivity contribution is -0.00229. The van der Waals surface area contributed by atoms with E-state index in [0.29, 0.717) is 12.7 Å². The van der Waals surface area contributed by atoms with Crippen molar-refractivity contribution in [3.05, 3.63) is 47.8 Å². The summed E-state index contributed by atoms with van der Waals surface area (Å²) in [6.45, 7) is 2.87. The number of hydrogen-bond acceptors (Lipinski definition) is 1. The first-order valence-corrected chi connectivity index (χ1v) is 10.8. The van der Waals surface area contributed by atoms with Crippen LogP contribution < -0.4 is 0 Å². The minimum absolute atomic E-state index is 0.176. The average molecular weight is 359 g/mol. The Bertz CT molecular complexity index is 534. The van der Waals surface area contributed by atoms with Crippen molar-refractivity contribution in [2.24, 2.45) is 17.8 Å². The van der Waals surface area contributed by atoms with Gasteiger partial charge in [-0.05, 0) is 93.2 Å². The molecule has 0 spiro atoms. The minimum atomic E-state index is -0.176. The Balaban J connectivity index is 1.34. The molecule has 0 N–H and O–H groups in total. The van der Waals surface area contributed by atoms with Crippen LogP contribution in [0.3, 0.4) is 0 Å². The van der Waals surface area contributed by atoms with Crippen molar-refractivity contribution >= 4 is 0 Å². The molecule has 0 atom stereocenters. The second-order valence-electron chi connectivity index (χ2n) is 8.37. The normalized spacial score (nSPS) is 29.9. The lowest BCUT2D eigenvalue weighted by Crippen LogP contribution is -2.28. The van der Waals surface area contributed by atoms with Crippen molar-refractivity contribution < 1.29 is 9.13 Å². The maximum atomic E-state index is 13.0. The summed E-state index contributed by atoms with van der Waals surface area (Å²) in [4.78, 5) is 0. The van der Waals surface area contributed by atoms with Crippen LogP contribution in [0.1, 0.15) is 76.7 Å². The molecule has 0 heterocycles. The second kappa shape index (κ2) is 10.3. The van der Waals surface area contributed by atoms with Gasteiger partial charge in [0.15, 0.2) is 0 Å². The molecule has 2 saturated carbocycles. The SMILES string of the molecule is CCC/C=C/C1CCC(C2CCC(OCc3ccc(F)cc3)CC2)CC1. The Morgan fingerprint density at radius 3 is 2.15 bits per heavy atom. The summed E-state index contributed by atoms with van der Waals surface area (Å²) >= 11 is 0. The fourth-order valence-electron chi connectivity index (χ4n) is 4.79. The maximum absolute atomic E-state index is 13.0. The molecule has 144 valence electrons. The van der Waals surface area contributed by atoms with Crippen molar-refractivity contribution in [2.45, 2.75) is 83.8 Å². The van der Waals surface area contributed by atoms with E-state index in [9.17, 15) is 4.39 Å². The Kier molecular flexibility index (Phi) is 7.73. The lowest BCUT2D eigenvalue weighted by atomic mass is 9.70. The number of rotatable bonds is 7. The molecule has 0 aromatic heterocycles. The highest BCUT2D eigenvalue weighted by Gasteiger charge is 2.30. The first-order chi connectivity index (χ1) is 12.7. The van der Waals surface area contributed by atoms with Crippen molar-refractivity contribution in [3.8, 4) is 0 Å². The minimum Gasteiger partial charge on any atom is -0.374 e. The molecule has 2 heteroatoms. The molecule has 2 aliphatic carbocycles. The van der Waals surface area contributed by atoms with Crippen molar-refractivity contribution in [1.82, 2.24) is 0 Å². The molecule has 0 amide bonds. The van der Waals surface area contributed by atoms with E-state index in [0.717, 1.165) is 23.3 Å². The van der Waals surface area contributed by atoms with Crippen LogP contribution in [0.5, 0.6) is 0 Å². The Hall–Kier alpha value is -1.15. The van der Waals surface area contributed by atoms with Crippen LogP contribution in [0.15, 0.2) is 36.4 Å². The Morgan fingerprint density at radius 1 is 0.923 bits per heavy atom. The van der Waals surface area contributed by atoms with Crippen LogP contribution in [0.25, 0.3) is 0 Å². The molecule has 26 heavy (non-hydrogen) atoms. The molecular formula is C24H35FO. The predicted octanol–water partition coefficient (Wildman–Crippen LogP) is 7.06. The van der Waals surface area contributed by atoms with Gasteiger partial charge in [-0.1, -0.05) is 37.6 Å². The Morgan fingerprint density at radius 2 is 1.54 bits per heavy atom. The summed E-state index contributed by atoms with van der Waals surface area (Å²) in [7, 11) is 0. The number of hydrogen-bond donors (Lipinski definition) is 0. The van der Waals surface area contributed by atoms with E-state index in [-0.39, 0.29) is 5.82 Å². The smallest absolute Gasteiger partial charge is 0.123 e. The molecule has 0 unspecified atom stereocenters. The monoisotopic (exact) mass is 358 g/mol. The van der Waals surface area contributed by atoms with Gasteiger partial charge in [-0.15, -0.1) is 0 Å². The second-order valence-corrected chi connectivity index (χ2v) is 8.37. The molecule has 0 bridgehead atoms. The predicted molar refractivity (Wildman–Crippen MR) is 106 cm³/mol. The number of halogens is 1. The zero-order valence-corrected chi connectivity index (χ0v) is 16.3. The van der Waals surface area contributed by atoms with Crippen LogP contribution in [-0.2, 0) is 11.3 Å². The van der Waals surface area contributed by atoms with E-state index in [4.69, 9.17) is 4.74 Å². The number of unbranched alkanes of at least 4 members (excludes halogenated alkanes) is 1. The third kappa shape index (κ3) is 5.94. The highest BCUT2D eigenvalue weighted by atomic mass is 19.1. The van der Waals surface area contributed by atoms with Crippen LogP contribution in [0.2, 0.25) is 0 Å². The van der Waals surface area contributed by atoms with Gasteiger partial charge in [0.05, 0.1) is 12.7 Å². The highest BCUT2D eigenvalue weighted by Crippen LogP contribution is 2.40. The third-order valence-electron chi connectivity index (χ3n) is 6.46. The fraction of sp³-hybridized carbons (Fsp3) is 0.667. The summed E-state index contributed by atoms with van der Waals surface area (Å²) in [5.74, 6) is 2.53. The largest absolute Gasteiger partial charge is 0.374 e. The maximum Gasteiger partial charge on any atom is 0.123 e. The quantitative estimate of drug-likeness (QED) is 0.474. The third-order valence-corrected chi connectivity index (χ3v) is 6.46. The molecular weight excluding hydrogens is 323 g/mol. The summed E-state index contributed by atoms with van der Waals surface area (Å²) in [6, 6.07) is 6.69. The first kappa shape index (κ1) is 19.6. The van der Waals surface area contributed by atoms with Gasteiger partial charge in [0.2, 0.25) is 0 Å². The van der Waals surface area contributed by atoms with Gasteiger partial charge in [0.25, 0.3) is 0 Å². The summed E-state index contributed by atoms with van der Waals surface area (Å²) in [5.41, 5.74) is 1.07. The van der Waals surface area contributed by atoms with Gasteiger partial charge in [0, 0.05) is 0 Å². The number of allylic oxidation sites excluding steroid dienone is 2. The van der Waals surface area contributed by atoms with Gasteiger partial charge < -0.3 is 4.74 Å². The topological polar surface area (TPSA) is 9.23 Å². The van der Waals surface area contributed by atoms with Crippen molar-refractivity contribution in [2.75, 3.05) is 0 Å². The van der Waals surface area contributed by atoms with Gasteiger partial charge in [-0.25, -0.2) is 4.39 Å². The van der Waals surface area contributed by atoms with E-state index in [1.165, 1.54) is 76.3 Å². The summed E-state index contributed by atoms with van der Waals surface area (Å²) < 4.78 is 19.0. The molecule has 1 nitrogen and oxygen atoms in total. The van der Waals surface area contributed by atoms with Gasteiger partial charge >= 0.3 is 0 Å². The van der Waals surface area contributed by atoms with Crippen LogP contribution >= 0.6 is 0 Å². The first-order valence-electron chi connectivity index (χ1n) is 10.8. The van der Waals surface area contributed by atoms with Crippen LogP contribution in [0, 0.1) is 23.6 Å². The zero-order valence-electron chi connectivity index (χ0n) is 16.3. The Labute approximate surface area is 159 Å².